The fourth-order valence-electron chi connectivity index (χ4n) is 1.94. The van der Waals surface area contributed by atoms with Crippen LogP contribution in [0.3, 0.4) is 0 Å². The van der Waals surface area contributed by atoms with E-state index in [1.54, 1.807) is 11.3 Å². The third-order valence-electron chi connectivity index (χ3n) is 2.87. The molecule has 0 spiro atoms. The van der Waals surface area contributed by atoms with Gasteiger partial charge in [-0.3, -0.25) is 0 Å². The molecule has 2 aromatic rings. The molecule has 1 aromatic heterocycles. The first-order valence-electron chi connectivity index (χ1n) is 5.72. The van der Waals surface area contributed by atoms with E-state index in [9.17, 15) is 0 Å². The standard InChI is InChI=1S/C14H18N2S/c1-11-3-4-13(8-15)14(7-11)16(2)9-12-5-6-17-10-12/h3-7,10H,8-9,15H2,1-2H3. The second-order valence-electron chi connectivity index (χ2n) is 4.32. The maximum atomic E-state index is 5.79. The van der Waals surface area contributed by atoms with Gasteiger partial charge in [0.2, 0.25) is 0 Å². The Labute approximate surface area is 107 Å². The van der Waals surface area contributed by atoms with Crippen molar-refractivity contribution in [3.63, 3.8) is 0 Å². The van der Waals surface area contributed by atoms with Crippen molar-refractivity contribution in [2.45, 2.75) is 20.0 Å². The minimum absolute atomic E-state index is 0.587. The van der Waals surface area contributed by atoms with Crippen molar-refractivity contribution in [1.82, 2.24) is 0 Å². The van der Waals surface area contributed by atoms with Crippen molar-refractivity contribution in [2.24, 2.45) is 5.73 Å². The lowest BCUT2D eigenvalue weighted by atomic mass is 10.1. The Morgan fingerprint density at radius 3 is 2.76 bits per heavy atom. The van der Waals surface area contributed by atoms with Gasteiger partial charge >= 0.3 is 0 Å². The van der Waals surface area contributed by atoms with Crippen LogP contribution in [-0.4, -0.2) is 7.05 Å². The summed E-state index contributed by atoms with van der Waals surface area (Å²) in [6.45, 7) is 3.63. The lowest BCUT2D eigenvalue weighted by Gasteiger charge is -2.22. The van der Waals surface area contributed by atoms with Crippen molar-refractivity contribution < 1.29 is 0 Å². The summed E-state index contributed by atoms with van der Waals surface area (Å²) in [5, 5.41) is 4.30. The van der Waals surface area contributed by atoms with Gasteiger partial charge in [-0.05, 0) is 46.5 Å². The van der Waals surface area contributed by atoms with Gasteiger partial charge in [-0.25, -0.2) is 0 Å². The van der Waals surface area contributed by atoms with Gasteiger partial charge in [-0.1, -0.05) is 12.1 Å². The van der Waals surface area contributed by atoms with E-state index in [1.807, 2.05) is 0 Å². The summed E-state index contributed by atoms with van der Waals surface area (Å²) in [7, 11) is 2.12. The van der Waals surface area contributed by atoms with E-state index in [2.05, 4.69) is 53.9 Å². The van der Waals surface area contributed by atoms with Gasteiger partial charge in [0.15, 0.2) is 0 Å². The molecular weight excluding hydrogens is 228 g/mol. The van der Waals surface area contributed by atoms with E-state index < -0.39 is 0 Å². The van der Waals surface area contributed by atoms with Crippen LogP contribution in [0, 0.1) is 6.92 Å². The molecule has 2 rings (SSSR count). The predicted molar refractivity (Wildman–Crippen MR) is 75.5 cm³/mol. The van der Waals surface area contributed by atoms with Gasteiger partial charge in [0.1, 0.15) is 0 Å². The Morgan fingerprint density at radius 2 is 2.12 bits per heavy atom. The van der Waals surface area contributed by atoms with E-state index in [0.29, 0.717) is 6.54 Å². The summed E-state index contributed by atoms with van der Waals surface area (Å²) >= 11 is 1.74. The summed E-state index contributed by atoms with van der Waals surface area (Å²) in [6.07, 6.45) is 0. The molecule has 0 unspecified atom stereocenters. The minimum Gasteiger partial charge on any atom is -0.370 e. The van der Waals surface area contributed by atoms with E-state index >= 15 is 0 Å². The van der Waals surface area contributed by atoms with Crippen LogP contribution in [0.1, 0.15) is 16.7 Å². The van der Waals surface area contributed by atoms with Crippen LogP contribution in [0.15, 0.2) is 35.0 Å². The molecule has 2 nitrogen and oxygen atoms in total. The van der Waals surface area contributed by atoms with E-state index in [-0.39, 0.29) is 0 Å². The number of hydrogen-bond donors (Lipinski definition) is 1. The first-order chi connectivity index (χ1) is 8.20. The lowest BCUT2D eigenvalue weighted by Crippen LogP contribution is -2.18. The minimum atomic E-state index is 0.587. The van der Waals surface area contributed by atoms with Gasteiger partial charge in [0, 0.05) is 25.8 Å². The second-order valence-corrected chi connectivity index (χ2v) is 5.10. The van der Waals surface area contributed by atoms with Crippen molar-refractivity contribution >= 4 is 17.0 Å². The number of hydrogen-bond acceptors (Lipinski definition) is 3. The highest BCUT2D eigenvalue weighted by Gasteiger charge is 2.07. The van der Waals surface area contributed by atoms with Crippen molar-refractivity contribution in [2.75, 3.05) is 11.9 Å². The van der Waals surface area contributed by atoms with Gasteiger partial charge < -0.3 is 10.6 Å². The fourth-order valence-corrected chi connectivity index (χ4v) is 2.60. The quantitative estimate of drug-likeness (QED) is 0.898. The second kappa shape index (κ2) is 5.34. The van der Waals surface area contributed by atoms with Crippen molar-refractivity contribution in [3.05, 3.63) is 51.7 Å². The maximum absolute atomic E-state index is 5.79. The molecule has 0 fully saturated rings. The number of benzene rings is 1. The smallest absolute Gasteiger partial charge is 0.0434 e. The third kappa shape index (κ3) is 2.87. The summed E-state index contributed by atoms with van der Waals surface area (Å²) in [4.78, 5) is 2.26. The monoisotopic (exact) mass is 246 g/mol. The summed E-state index contributed by atoms with van der Waals surface area (Å²) in [5.41, 5.74) is 10.8. The van der Waals surface area contributed by atoms with Crippen molar-refractivity contribution in [3.8, 4) is 0 Å². The zero-order valence-corrected chi connectivity index (χ0v) is 11.1. The molecule has 0 aliphatic rings. The largest absolute Gasteiger partial charge is 0.370 e. The topological polar surface area (TPSA) is 29.3 Å². The van der Waals surface area contributed by atoms with Gasteiger partial charge in [0.05, 0.1) is 0 Å². The Bertz CT molecular complexity index is 477. The molecule has 17 heavy (non-hydrogen) atoms. The van der Waals surface area contributed by atoms with Crippen LogP contribution in [0.5, 0.6) is 0 Å². The molecule has 1 heterocycles. The molecular formula is C14H18N2S. The molecule has 3 heteroatoms. The zero-order valence-electron chi connectivity index (χ0n) is 10.3. The van der Waals surface area contributed by atoms with Crippen LogP contribution in [-0.2, 0) is 13.1 Å². The van der Waals surface area contributed by atoms with Gasteiger partial charge in [-0.2, -0.15) is 11.3 Å². The molecule has 0 bridgehead atoms. The summed E-state index contributed by atoms with van der Waals surface area (Å²) in [6, 6.07) is 8.60. The summed E-state index contributed by atoms with van der Waals surface area (Å²) < 4.78 is 0. The molecule has 0 aliphatic heterocycles. The normalized spacial score (nSPS) is 10.5. The number of nitrogens with two attached hydrogens (primary N) is 1. The average molecular weight is 246 g/mol. The number of aryl methyl sites for hydroxylation is 1. The van der Waals surface area contributed by atoms with Crippen LogP contribution < -0.4 is 10.6 Å². The van der Waals surface area contributed by atoms with E-state index in [4.69, 9.17) is 5.73 Å². The summed E-state index contributed by atoms with van der Waals surface area (Å²) in [5.74, 6) is 0. The van der Waals surface area contributed by atoms with Crippen LogP contribution >= 0.6 is 11.3 Å². The Balaban J connectivity index is 2.23. The fraction of sp³-hybridized carbons (Fsp3) is 0.286. The highest BCUT2D eigenvalue weighted by Crippen LogP contribution is 2.23. The Kier molecular flexibility index (Phi) is 3.82. The number of thiophene rings is 1. The van der Waals surface area contributed by atoms with Crippen LogP contribution in [0.4, 0.5) is 5.69 Å². The molecule has 1 aromatic carbocycles. The average Bonchev–Trinajstić information content (AvgIpc) is 2.81. The van der Waals surface area contributed by atoms with Gasteiger partial charge in [0.25, 0.3) is 0 Å². The maximum Gasteiger partial charge on any atom is 0.0434 e. The van der Waals surface area contributed by atoms with Gasteiger partial charge in [-0.15, -0.1) is 0 Å². The molecule has 0 radical (unpaired) electrons. The molecule has 0 aliphatic carbocycles. The first-order valence-corrected chi connectivity index (χ1v) is 6.67. The van der Waals surface area contributed by atoms with E-state index in [0.717, 1.165) is 6.54 Å². The molecule has 90 valence electrons. The molecule has 0 atom stereocenters. The third-order valence-corrected chi connectivity index (χ3v) is 3.60. The highest BCUT2D eigenvalue weighted by molar-refractivity contribution is 7.07. The highest BCUT2D eigenvalue weighted by atomic mass is 32.1. The number of rotatable bonds is 4. The molecule has 0 saturated carbocycles. The van der Waals surface area contributed by atoms with E-state index in [1.165, 1.54) is 22.4 Å². The Morgan fingerprint density at radius 1 is 1.29 bits per heavy atom. The number of anilines is 1. The molecule has 0 amide bonds. The molecule has 0 saturated heterocycles. The SMILES string of the molecule is Cc1ccc(CN)c(N(C)Cc2ccsc2)c1. The van der Waals surface area contributed by atoms with Crippen molar-refractivity contribution in [1.29, 1.82) is 0 Å². The van der Waals surface area contributed by atoms with Crippen LogP contribution in [0.25, 0.3) is 0 Å². The van der Waals surface area contributed by atoms with Crippen LogP contribution in [0.2, 0.25) is 0 Å². The molecule has 2 N–H and O–H groups in total. The zero-order chi connectivity index (χ0) is 12.3. The Hall–Kier alpha value is -1.32. The number of nitrogens with zero attached hydrogens (tertiary/aromatic N) is 1. The lowest BCUT2D eigenvalue weighted by molar-refractivity contribution is 0.906. The predicted octanol–water partition coefficient (Wildman–Crippen LogP) is 3.15. The first kappa shape index (κ1) is 12.1.